The Hall–Kier alpha value is -1.83. The predicted octanol–water partition coefficient (Wildman–Crippen LogP) is 10.1. The van der Waals surface area contributed by atoms with Crippen LogP contribution in [0.2, 0.25) is 0 Å². The normalized spacial score (nSPS) is 30.6. The quantitative estimate of drug-likeness (QED) is 0.141. The Kier molecular flexibility index (Phi) is 13.8. The van der Waals surface area contributed by atoms with Crippen molar-refractivity contribution in [3.8, 4) is 0 Å². The lowest BCUT2D eigenvalue weighted by Crippen LogP contribution is -2.68. The molecule has 6 N–H and O–H groups in total. The van der Waals surface area contributed by atoms with Gasteiger partial charge >= 0.3 is 0 Å². The van der Waals surface area contributed by atoms with Gasteiger partial charge in [-0.3, -0.25) is 0 Å². The summed E-state index contributed by atoms with van der Waals surface area (Å²) in [5.41, 5.74) is -0.876. The molecule has 0 aliphatic carbocycles. The highest BCUT2D eigenvalue weighted by molar-refractivity contribution is 5.52. The maximum Gasteiger partial charge on any atom is 0.232 e. The van der Waals surface area contributed by atoms with Gasteiger partial charge in [-0.1, -0.05) is 0 Å². The summed E-state index contributed by atoms with van der Waals surface area (Å²) in [6, 6.07) is 1.32. The zero-order chi connectivity index (χ0) is 51.8. The third-order valence-electron chi connectivity index (χ3n) is 16.7. The van der Waals surface area contributed by atoms with E-state index in [9.17, 15) is 0 Å². The van der Waals surface area contributed by atoms with Crippen LogP contribution in [-0.2, 0) is 0 Å². The van der Waals surface area contributed by atoms with E-state index in [1.54, 1.807) is 0 Å². The fourth-order valence-electron chi connectivity index (χ4n) is 17.4. The number of aromatic nitrogens is 3. The molecule has 396 valence electrons. The molecule has 0 aromatic carbocycles. The summed E-state index contributed by atoms with van der Waals surface area (Å²) in [6.45, 7) is 57.8. The van der Waals surface area contributed by atoms with Crippen molar-refractivity contribution in [3.63, 3.8) is 0 Å². The van der Waals surface area contributed by atoms with Crippen molar-refractivity contribution >= 4 is 17.8 Å². The smallest absolute Gasteiger partial charge is 0.232 e. The number of nitrogens with one attached hydrogen (secondary N) is 6. The van der Waals surface area contributed by atoms with Crippen LogP contribution in [0, 0.1) is 0 Å². The summed E-state index contributed by atoms with van der Waals surface area (Å²) in [5.74, 6) is 2.63. The number of hydrogen-bond donors (Lipinski definition) is 6. The van der Waals surface area contributed by atoms with Crippen LogP contribution in [-0.4, -0.2) is 118 Å². The number of anilines is 3. The van der Waals surface area contributed by atoms with Gasteiger partial charge in [-0.25, -0.2) is 0 Å². The highest BCUT2D eigenvalue weighted by atomic mass is 15.4. The van der Waals surface area contributed by atoms with Gasteiger partial charge in [0.15, 0.2) is 0 Å². The molecular weight excluding hydrogens is 853 g/mol. The van der Waals surface area contributed by atoms with Crippen LogP contribution in [0.1, 0.15) is 243 Å². The molecule has 6 aliphatic rings. The lowest BCUT2D eigenvalue weighted by Gasteiger charge is -2.56. The van der Waals surface area contributed by atoms with Crippen molar-refractivity contribution < 1.29 is 0 Å². The Balaban J connectivity index is 1.56. The van der Waals surface area contributed by atoms with Crippen molar-refractivity contribution in [3.05, 3.63) is 0 Å². The Morgan fingerprint density at radius 1 is 0.232 bits per heavy atom. The van der Waals surface area contributed by atoms with E-state index < -0.39 is 0 Å². The molecule has 1 aromatic heterocycles. The number of hydrogen-bond acceptors (Lipinski definition) is 12. The van der Waals surface area contributed by atoms with E-state index in [1.165, 1.54) is 0 Å². The average Bonchev–Trinajstić information content (AvgIpc) is 3.00. The van der Waals surface area contributed by atoms with Crippen molar-refractivity contribution in [2.24, 2.45) is 0 Å². The number of piperidine rings is 6. The molecule has 7 heterocycles. The van der Waals surface area contributed by atoms with Crippen LogP contribution < -0.4 is 46.6 Å². The third kappa shape index (κ3) is 13.5. The van der Waals surface area contributed by atoms with Crippen LogP contribution >= 0.6 is 0 Å². The van der Waals surface area contributed by atoms with Gasteiger partial charge in [-0.05, 0) is 243 Å². The summed E-state index contributed by atoms with van der Waals surface area (Å²) in [6.07, 6.45) is 12.1. The van der Waals surface area contributed by atoms with Gasteiger partial charge in [0, 0.05) is 103 Å². The maximum absolute atomic E-state index is 6.10. The molecule has 6 aliphatic heterocycles. The molecule has 7 rings (SSSR count). The first-order valence-electron chi connectivity index (χ1n) is 27.7. The molecule has 0 bridgehead atoms. The van der Waals surface area contributed by atoms with Gasteiger partial charge in [0.1, 0.15) is 0 Å². The van der Waals surface area contributed by atoms with Crippen LogP contribution in [0.3, 0.4) is 0 Å². The molecule has 6 fully saturated rings. The topological polar surface area (TPSA) is 121 Å². The first kappa shape index (κ1) is 54.9. The molecule has 69 heavy (non-hydrogen) atoms. The fraction of sp³-hybridized carbons (Fsp3) is 0.947. The Morgan fingerprint density at radius 3 is 0.435 bits per heavy atom. The van der Waals surface area contributed by atoms with E-state index in [4.69, 9.17) is 15.0 Å². The summed E-state index contributed by atoms with van der Waals surface area (Å²) >= 11 is 0. The molecule has 0 unspecified atom stereocenters. The van der Waals surface area contributed by atoms with E-state index in [0.29, 0.717) is 0 Å². The molecule has 6 saturated heterocycles. The molecule has 0 saturated carbocycles. The summed E-state index contributed by atoms with van der Waals surface area (Å²) < 4.78 is 0. The Bertz CT molecular complexity index is 1560. The molecule has 0 spiro atoms. The van der Waals surface area contributed by atoms with Gasteiger partial charge in [0.25, 0.3) is 0 Å². The van der Waals surface area contributed by atoms with Gasteiger partial charge < -0.3 is 46.6 Å². The largest absolute Gasteiger partial charge is 0.334 e. The standard InChI is InChI=1S/C57H108N12/c1-46(2)25-37(26-47(3,4)61-46)67(38-27-48(5,6)62-49(7,8)28-38)43-58-44(68(39-29-50(9,10)63-51(11,12)30-39)40-31-52(13,14)64-53(15,16)32-40)60-45(59-43)69(41-33-54(17,18)65-55(19,20)34-41)42-35-56(21,22)66-57(23,24)36-42/h37-42,61-66H,25-36H2,1-24H3. The van der Waals surface area contributed by atoms with Gasteiger partial charge in [-0.2, -0.15) is 15.0 Å². The highest BCUT2D eigenvalue weighted by Crippen LogP contribution is 2.46. The second-order valence-corrected chi connectivity index (χ2v) is 32.2. The predicted molar refractivity (Wildman–Crippen MR) is 293 cm³/mol. The van der Waals surface area contributed by atoms with E-state index >= 15 is 0 Å². The lowest BCUT2D eigenvalue weighted by molar-refractivity contribution is 0.121. The highest BCUT2D eigenvalue weighted by Gasteiger charge is 2.52. The number of rotatable bonds is 9. The van der Waals surface area contributed by atoms with Gasteiger partial charge in [0.05, 0.1) is 0 Å². The minimum Gasteiger partial charge on any atom is -0.334 e. The number of nitrogens with zero attached hydrogens (tertiary/aromatic N) is 6. The maximum atomic E-state index is 6.10. The molecule has 0 radical (unpaired) electrons. The molecule has 1 aromatic rings. The van der Waals surface area contributed by atoms with E-state index in [0.717, 1.165) is 94.9 Å². The fourth-order valence-corrected chi connectivity index (χ4v) is 17.4. The monoisotopic (exact) mass is 961 g/mol. The average molecular weight is 962 g/mol. The minimum atomic E-state index is -0.0730. The minimum absolute atomic E-state index is 0.0730. The van der Waals surface area contributed by atoms with Crippen LogP contribution in [0.4, 0.5) is 17.8 Å². The SMILES string of the molecule is CC1(C)CC(N(c2nc(N(C3CC(C)(C)NC(C)(C)C3)C3CC(C)(C)NC(C)(C)C3)nc(N(C3CC(C)(C)NC(C)(C)C3)C3CC(C)(C)NC(C)(C)C3)n2)C2CC(C)(C)NC(C)(C)C2)CC(C)(C)N1. The zero-order valence-corrected chi connectivity index (χ0v) is 49.1. The zero-order valence-electron chi connectivity index (χ0n) is 49.1. The van der Waals surface area contributed by atoms with Crippen molar-refractivity contribution in [2.75, 3.05) is 14.7 Å². The van der Waals surface area contributed by atoms with Crippen LogP contribution in [0.15, 0.2) is 0 Å². The summed E-state index contributed by atoms with van der Waals surface area (Å²) in [4.78, 5) is 26.7. The lowest BCUT2D eigenvalue weighted by atomic mass is 9.75. The van der Waals surface area contributed by atoms with E-state index in [1.807, 2.05) is 0 Å². The second kappa shape index (κ2) is 17.4. The Morgan fingerprint density at radius 2 is 0.333 bits per heavy atom. The van der Waals surface area contributed by atoms with Crippen LogP contribution in [0.25, 0.3) is 0 Å². The molecule has 0 atom stereocenters. The van der Waals surface area contributed by atoms with Crippen molar-refractivity contribution in [2.45, 2.75) is 346 Å². The molecular formula is C57H108N12. The van der Waals surface area contributed by atoms with Crippen molar-refractivity contribution in [1.82, 2.24) is 46.9 Å². The van der Waals surface area contributed by atoms with Gasteiger partial charge in [-0.15, -0.1) is 0 Å². The third-order valence-corrected chi connectivity index (χ3v) is 16.7. The second-order valence-electron chi connectivity index (χ2n) is 32.2. The van der Waals surface area contributed by atoms with E-state index in [2.05, 4.69) is 213 Å². The van der Waals surface area contributed by atoms with Crippen LogP contribution in [0.5, 0.6) is 0 Å². The first-order chi connectivity index (χ1) is 30.8. The summed E-state index contributed by atoms with van der Waals surface area (Å²) in [7, 11) is 0. The molecule has 0 amide bonds. The van der Waals surface area contributed by atoms with Crippen molar-refractivity contribution in [1.29, 1.82) is 0 Å². The summed E-state index contributed by atoms with van der Waals surface area (Å²) in [5, 5.41) is 24.4. The molecule has 12 heteroatoms. The van der Waals surface area contributed by atoms with E-state index in [-0.39, 0.29) is 103 Å². The first-order valence-corrected chi connectivity index (χ1v) is 27.7. The Labute approximate surface area is 423 Å². The molecule has 12 nitrogen and oxygen atoms in total. The van der Waals surface area contributed by atoms with Gasteiger partial charge in [0.2, 0.25) is 17.8 Å².